The van der Waals surface area contributed by atoms with Crippen molar-refractivity contribution in [1.82, 2.24) is 9.78 Å². The van der Waals surface area contributed by atoms with Gasteiger partial charge in [0.05, 0.1) is 12.7 Å². The van der Waals surface area contributed by atoms with Crippen LogP contribution in [-0.2, 0) is 11.3 Å². The monoisotopic (exact) mass is 205 g/mol. The van der Waals surface area contributed by atoms with Gasteiger partial charge in [0, 0.05) is 6.20 Å². The van der Waals surface area contributed by atoms with Crippen LogP contribution in [0.25, 0.3) is 0 Å². The number of aliphatic carboxylic acids is 1. The molecule has 1 rings (SSSR count). The minimum absolute atomic E-state index is 0. The molecule has 0 fully saturated rings. The number of carboxylic acid groups (broad SMARTS) is 1. The van der Waals surface area contributed by atoms with Gasteiger partial charge in [-0.3, -0.25) is 9.48 Å². The summed E-state index contributed by atoms with van der Waals surface area (Å²) in [6, 6.07) is -0.885. The van der Waals surface area contributed by atoms with E-state index in [1.165, 1.54) is 4.68 Å². The lowest BCUT2D eigenvalue weighted by Gasteiger charge is -2.05. The molecule has 0 saturated carbocycles. The van der Waals surface area contributed by atoms with Crippen molar-refractivity contribution in [2.75, 3.05) is 0 Å². The van der Waals surface area contributed by atoms with Crippen LogP contribution in [-0.4, -0.2) is 26.9 Å². The van der Waals surface area contributed by atoms with Gasteiger partial charge in [-0.25, -0.2) is 0 Å². The average molecular weight is 206 g/mol. The van der Waals surface area contributed by atoms with Crippen LogP contribution in [0.1, 0.15) is 5.56 Å². The predicted octanol–water partition coefficient (Wildman–Crippen LogP) is 0.0252. The van der Waals surface area contributed by atoms with Crippen LogP contribution < -0.4 is 5.73 Å². The maximum absolute atomic E-state index is 10.3. The van der Waals surface area contributed by atoms with Crippen molar-refractivity contribution in [2.24, 2.45) is 5.73 Å². The molecule has 0 spiro atoms. The first kappa shape index (κ1) is 11.9. The first-order chi connectivity index (χ1) is 5.59. The molecule has 13 heavy (non-hydrogen) atoms. The molecule has 0 saturated heterocycles. The molecule has 0 aliphatic carbocycles. The summed E-state index contributed by atoms with van der Waals surface area (Å²) in [5.74, 6) is -1.01. The molecular weight excluding hydrogens is 194 g/mol. The Morgan fingerprint density at radius 1 is 1.85 bits per heavy atom. The van der Waals surface area contributed by atoms with Gasteiger partial charge in [0.1, 0.15) is 6.04 Å². The second-order valence-electron chi connectivity index (χ2n) is 2.68. The maximum Gasteiger partial charge on any atom is 0.322 e. The zero-order valence-corrected chi connectivity index (χ0v) is 7.99. The van der Waals surface area contributed by atoms with Gasteiger partial charge in [-0.05, 0) is 12.5 Å². The van der Waals surface area contributed by atoms with Gasteiger partial charge in [-0.15, -0.1) is 12.4 Å². The van der Waals surface area contributed by atoms with Crippen molar-refractivity contribution in [2.45, 2.75) is 19.5 Å². The Hall–Kier alpha value is -1.07. The number of hydrogen-bond donors (Lipinski definition) is 2. The minimum Gasteiger partial charge on any atom is -0.480 e. The van der Waals surface area contributed by atoms with Crippen LogP contribution in [0, 0.1) is 6.92 Å². The highest BCUT2D eigenvalue weighted by atomic mass is 35.5. The molecule has 1 atom stereocenters. The molecule has 74 valence electrons. The topological polar surface area (TPSA) is 81.1 Å². The van der Waals surface area contributed by atoms with E-state index in [9.17, 15) is 4.79 Å². The Bertz CT molecular complexity index is 287. The molecule has 0 aromatic carbocycles. The van der Waals surface area contributed by atoms with Gasteiger partial charge in [-0.1, -0.05) is 0 Å². The molecule has 0 aliphatic rings. The molecule has 1 heterocycles. The molecule has 0 bridgehead atoms. The lowest BCUT2D eigenvalue weighted by atomic mass is 10.3. The molecule has 1 aromatic heterocycles. The van der Waals surface area contributed by atoms with E-state index < -0.39 is 12.0 Å². The van der Waals surface area contributed by atoms with E-state index in [1.807, 2.05) is 6.92 Å². The Balaban J connectivity index is 0.00000144. The van der Waals surface area contributed by atoms with E-state index >= 15 is 0 Å². The van der Waals surface area contributed by atoms with Crippen LogP contribution in [0.4, 0.5) is 0 Å². The largest absolute Gasteiger partial charge is 0.480 e. The molecule has 3 N–H and O–H groups in total. The Kier molecular flexibility index (Phi) is 4.44. The number of nitrogens with zero attached hydrogens (tertiary/aromatic N) is 2. The number of aromatic nitrogens is 2. The van der Waals surface area contributed by atoms with Gasteiger partial charge < -0.3 is 10.8 Å². The van der Waals surface area contributed by atoms with Gasteiger partial charge in [0.25, 0.3) is 0 Å². The molecule has 0 radical (unpaired) electrons. The fourth-order valence-corrected chi connectivity index (χ4v) is 0.846. The van der Waals surface area contributed by atoms with Gasteiger partial charge in [0.15, 0.2) is 0 Å². The van der Waals surface area contributed by atoms with E-state index in [0.717, 1.165) is 5.56 Å². The van der Waals surface area contributed by atoms with Crippen molar-refractivity contribution < 1.29 is 9.90 Å². The van der Waals surface area contributed by atoms with Crippen molar-refractivity contribution >= 4 is 18.4 Å². The second kappa shape index (κ2) is 4.84. The highest BCUT2D eigenvalue weighted by Gasteiger charge is 2.11. The average Bonchev–Trinajstić information content (AvgIpc) is 2.35. The molecule has 5 nitrogen and oxygen atoms in total. The Morgan fingerprint density at radius 3 is 2.85 bits per heavy atom. The number of halogens is 1. The molecule has 0 aliphatic heterocycles. The predicted molar refractivity (Wildman–Crippen MR) is 49.8 cm³/mol. The van der Waals surface area contributed by atoms with Gasteiger partial charge in [-0.2, -0.15) is 5.10 Å². The third-order valence-electron chi connectivity index (χ3n) is 1.46. The molecule has 6 heteroatoms. The first-order valence-electron chi connectivity index (χ1n) is 3.57. The SMILES string of the molecule is Cc1cnn(C[C@H](N)C(=O)O)c1.Cl. The van der Waals surface area contributed by atoms with Crippen LogP contribution >= 0.6 is 12.4 Å². The van der Waals surface area contributed by atoms with Crippen molar-refractivity contribution in [3.05, 3.63) is 18.0 Å². The number of hydrogen-bond acceptors (Lipinski definition) is 3. The normalized spacial score (nSPS) is 11.8. The molecule has 1 aromatic rings. The fraction of sp³-hybridized carbons (Fsp3) is 0.429. The minimum atomic E-state index is -1.01. The standard InChI is InChI=1S/C7H11N3O2.ClH/c1-5-2-9-10(3-5)4-6(8)7(11)12;/h2-3,6H,4,8H2,1H3,(H,11,12);1H/t6-;/m0./s1. The summed E-state index contributed by atoms with van der Waals surface area (Å²) < 4.78 is 1.52. The van der Waals surface area contributed by atoms with Gasteiger partial charge in [0.2, 0.25) is 0 Å². The van der Waals surface area contributed by atoms with Crippen molar-refractivity contribution in [3.63, 3.8) is 0 Å². The third kappa shape index (κ3) is 3.43. The number of nitrogens with two attached hydrogens (primary N) is 1. The van der Waals surface area contributed by atoms with E-state index in [2.05, 4.69) is 5.10 Å². The van der Waals surface area contributed by atoms with Crippen LogP contribution in [0.5, 0.6) is 0 Å². The lowest BCUT2D eigenvalue weighted by molar-refractivity contribution is -0.138. The summed E-state index contributed by atoms with van der Waals surface area (Å²) in [5.41, 5.74) is 6.29. The van der Waals surface area contributed by atoms with Crippen molar-refractivity contribution in [1.29, 1.82) is 0 Å². The first-order valence-corrected chi connectivity index (χ1v) is 3.57. The third-order valence-corrected chi connectivity index (χ3v) is 1.46. The van der Waals surface area contributed by atoms with E-state index in [0.29, 0.717) is 0 Å². The van der Waals surface area contributed by atoms with E-state index in [4.69, 9.17) is 10.8 Å². The highest BCUT2D eigenvalue weighted by molar-refractivity contribution is 5.85. The maximum atomic E-state index is 10.3. The highest BCUT2D eigenvalue weighted by Crippen LogP contribution is 1.95. The summed E-state index contributed by atoms with van der Waals surface area (Å²) in [6.07, 6.45) is 3.41. The Morgan fingerprint density at radius 2 is 2.46 bits per heavy atom. The number of aryl methyl sites for hydroxylation is 1. The Labute approximate surface area is 81.9 Å². The van der Waals surface area contributed by atoms with Crippen LogP contribution in [0.3, 0.4) is 0 Å². The lowest BCUT2D eigenvalue weighted by Crippen LogP contribution is -2.34. The summed E-state index contributed by atoms with van der Waals surface area (Å²) >= 11 is 0. The summed E-state index contributed by atoms with van der Waals surface area (Å²) in [6.45, 7) is 2.10. The summed E-state index contributed by atoms with van der Waals surface area (Å²) in [4.78, 5) is 10.3. The van der Waals surface area contributed by atoms with Crippen LogP contribution in [0.15, 0.2) is 12.4 Å². The fourth-order valence-electron chi connectivity index (χ4n) is 0.846. The van der Waals surface area contributed by atoms with E-state index in [1.54, 1.807) is 12.4 Å². The van der Waals surface area contributed by atoms with Crippen molar-refractivity contribution in [3.8, 4) is 0 Å². The van der Waals surface area contributed by atoms with Gasteiger partial charge >= 0.3 is 5.97 Å². The molecular formula is C7H12ClN3O2. The quantitative estimate of drug-likeness (QED) is 0.729. The van der Waals surface area contributed by atoms with E-state index in [-0.39, 0.29) is 19.0 Å². The number of carbonyl (C=O) groups is 1. The number of carboxylic acids is 1. The molecule has 0 unspecified atom stereocenters. The second-order valence-corrected chi connectivity index (χ2v) is 2.68. The zero-order chi connectivity index (χ0) is 9.14. The van der Waals surface area contributed by atoms with Crippen LogP contribution in [0.2, 0.25) is 0 Å². The summed E-state index contributed by atoms with van der Waals surface area (Å²) in [7, 11) is 0. The zero-order valence-electron chi connectivity index (χ0n) is 7.17. The summed E-state index contributed by atoms with van der Waals surface area (Å²) in [5, 5.41) is 12.4. The number of rotatable bonds is 3. The smallest absolute Gasteiger partial charge is 0.322 e. The molecule has 0 amide bonds.